The number of aliphatic hydroxyl groups is 1. The van der Waals surface area contributed by atoms with Crippen LogP contribution in [0.5, 0.6) is 5.75 Å². The molecule has 238 valence electrons. The monoisotopic (exact) mass is 614 g/mol. The molecule has 1 aliphatic rings. The van der Waals surface area contributed by atoms with Gasteiger partial charge in [0.2, 0.25) is 5.82 Å². The Kier molecular flexibility index (Phi) is 12.8. The normalized spacial score (nSPS) is 17.7. The first-order chi connectivity index (χ1) is 21.3. The van der Waals surface area contributed by atoms with E-state index >= 15 is 8.78 Å². The molecule has 4 rings (SSSR count). The molecule has 0 radical (unpaired) electrons. The fourth-order valence-electron chi connectivity index (χ4n) is 5.33. The molecule has 0 aliphatic carbocycles. The van der Waals surface area contributed by atoms with E-state index in [0.717, 1.165) is 25.7 Å². The first-order valence-corrected chi connectivity index (χ1v) is 15.6. The minimum atomic E-state index is -1.09. The Hall–Kier alpha value is -3.20. The van der Waals surface area contributed by atoms with E-state index in [1.165, 1.54) is 67.8 Å². The summed E-state index contributed by atoms with van der Waals surface area (Å²) in [5.74, 6) is -4.71. The van der Waals surface area contributed by atoms with Gasteiger partial charge in [0, 0.05) is 22.6 Å². The summed E-state index contributed by atoms with van der Waals surface area (Å²) in [6, 6.07) is 11.7. The molecule has 1 saturated heterocycles. The van der Waals surface area contributed by atoms with Gasteiger partial charge in [0.25, 0.3) is 0 Å². The SMILES string of the molecule is CC/C=C/COc1ccc(-c2ccc(-c3ccc(C4OCC(C(O)CCCCCCCC)CO4)c(F)c3F)cc2)c(F)c1F. The molecule has 44 heavy (non-hydrogen) atoms. The molecule has 1 heterocycles. The van der Waals surface area contributed by atoms with Gasteiger partial charge in [0.05, 0.1) is 19.3 Å². The molecule has 3 aromatic rings. The number of aliphatic hydroxyl groups excluding tert-OH is 1. The lowest BCUT2D eigenvalue weighted by Crippen LogP contribution is -2.35. The maximum absolute atomic E-state index is 15.2. The first-order valence-electron chi connectivity index (χ1n) is 15.6. The molecule has 0 spiro atoms. The summed E-state index contributed by atoms with van der Waals surface area (Å²) in [6.45, 7) is 4.63. The summed E-state index contributed by atoms with van der Waals surface area (Å²) < 4.78 is 76.6. The molecule has 0 aromatic heterocycles. The van der Waals surface area contributed by atoms with E-state index in [4.69, 9.17) is 14.2 Å². The van der Waals surface area contributed by atoms with E-state index in [9.17, 15) is 13.9 Å². The predicted molar refractivity (Wildman–Crippen MR) is 164 cm³/mol. The van der Waals surface area contributed by atoms with Crippen LogP contribution in [0.1, 0.15) is 77.1 Å². The van der Waals surface area contributed by atoms with Crippen molar-refractivity contribution in [2.75, 3.05) is 19.8 Å². The van der Waals surface area contributed by atoms with Crippen LogP contribution in [0, 0.1) is 29.2 Å². The molecule has 3 aromatic carbocycles. The van der Waals surface area contributed by atoms with E-state index in [1.54, 1.807) is 6.08 Å². The van der Waals surface area contributed by atoms with Crippen molar-refractivity contribution >= 4 is 0 Å². The molecule has 1 aliphatic heterocycles. The van der Waals surface area contributed by atoms with Gasteiger partial charge in [-0.15, -0.1) is 0 Å². The molecule has 1 fully saturated rings. The molecular formula is C36H42F4O4. The molecule has 4 nitrogen and oxygen atoms in total. The van der Waals surface area contributed by atoms with Crippen LogP contribution in [0.3, 0.4) is 0 Å². The van der Waals surface area contributed by atoms with E-state index in [-0.39, 0.29) is 48.2 Å². The smallest absolute Gasteiger partial charge is 0.201 e. The zero-order valence-electron chi connectivity index (χ0n) is 25.5. The Bertz CT molecular complexity index is 1370. The van der Waals surface area contributed by atoms with Gasteiger partial charge in [-0.3, -0.25) is 0 Å². The van der Waals surface area contributed by atoms with Crippen LogP contribution in [-0.4, -0.2) is 31.0 Å². The van der Waals surface area contributed by atoms with Crippen LogP contribution < -0.4 is 4.74 Å². The summed E-state index contributed by atoms with van der Waals surface area (Å²) >= 11 is 0. The summed E-state index contributed by atoms with van der Waals surface area (Å²) in [6.07, 6.45) is 10.2. The molecule has 1 N–H and O–H groups in total. The highest BCUT2D eigenvalue weighted by molar-refractivity contribution is 5.71. The average molecular weight is 615 g/mol. The lowest BCUT2D eigenvalue weighted by atomic mass is 9.96. The quantitative estimate of drug-likeness (QED) is 0.105. The second-order valence-electron chi connectivity index (χ2n) is 11.2. The van der Waals surface area contributed by atoms with Crippen LogP contribution in [0.25, 0.3) is 22.3 Å². The number of rotatable bonds is 15. The maximum atomic E-state index is 15.2. The summed E-state index contributed by atoms with van der Waals surface area (Å²) in [5, 5.41) is 10.5. The van der Waals surface area contributed by atoms with Crippen molar-refractivity contribution in [3.05, 3.63) is 89.5 Å². The van der Waals surface area contributed by atoms with Gasteiger partial charge >= 0.3 is 0 Å². The minimum absolute atomic E-state index is 0.0105. The largest absolute Gasteiger partial charge is 0.486 e. The highest BCUT2D eigenvalue weighted by atomic mass is 19.2. The van der Waals surface area contributed by atoms with E-state index in [0.29, 0.717) is 17.5 Å². The Morgan fingerprint density at radius 2 is 1.34 bits per heavy atom. The van der Waals surface area contributed by atoms with Crippen molar-refractivity contribution in [3.8, 4) is 28.0 Å². The lowest BCUT2D eigenvalue weighted by molar-refractivity contribution is -0.220. The second-order valence-corrected chi connectivity index (χ2v) is 11.2. The van der Waals surface area contributed by atoms with Crippen molar-refractivity contribution < 1.29 is 36.9 Å². The van der Waals surface area contributed by atoms with Crippen LogP contribution in [0.4, 0.5) is 17.6 Å². The summed E-state index contributed by atoms with van der Waals surface area (Å²) in [4.78, 5) is 0. The molecule has 1 atom stereocenters. The van der Waals surface area contributed by atoms with Crippen molar-refractivity contribution in [3.63, 3.8) is 0 Å². The van der Waals surface area contributed by atoms with E-state index in [2.05, 4.69) is 6.92 Å². The van der Waals surface area contributed by atoms with Gasteiger partial charge in [-0.25, -0.2) is 13.2 Å². The zero-order chi connectivity index (χ0) is 31.5. The summed E-state index contributed by atoms with van der Waals surface area (Å²) in [7, 11) is 0. The topological polar surface area (TPSA) is 47.9 Å². The van der Waals surface area contributed by atoms with Gasteiger partial charge in [-0.05, 0) is 36.1 Å². The molecule has 8 heteroatoms. The Balaban J connectivity index is 1.37. The summed E-state index contributed by atoms with van der Waals surface area (Å²) in [5.41, 5.74) is 0.712. The van der Waals surface area contributed by atoms with Crippen molar-refractivity contribution in [1.82, 2.24) is 0 Å². The fraction of sp³-hybridized carbons (Fsp3) is 0.444. The van der Waals surface area contributed by atoms with Crippen molar-refractivity contribution in [1.29, 1.82) is 0 Å². The molecule has 0 bridgehead atoms. The molecule has 0 saturated carbocycles. The second kappa shape index (κ2) is 16.8. The number of allylic oxidation sites excluding steroid dienone is 1. The van der Waals surface area contributed by atoms with Gasteiger partial charge in [-0.1, -0.05) is 101 Å². The number of unbranched alkanes of at least 4 members (excludes halogenated alkanes) is 5. The fourth-order valence-corrected chi connectivity index (χ4v) is 5.33. The van der Waals surface area contributed by atoms with Gasteiger partial charge in [-0.2, -0.15) is 4.39 Å². The van der Waals surface area contributed by atoms with E-state index < -0.39 is 35.7 Å². The van der Waals surface area contributed by atoms with Gasteiger partial charge in [0.1, 0.15) is 6.61 Å². The van der Waals surface area contributed by atoms with Crippen molar-refractivity contribution in [2.45, 2.75) is 77.6 Å². The third-order valence-electron chi connectivity index (χ3n) is 7.98. The van der Waals surface area contributed by atoms with Crippen LogP contribution in [0.2, 0.25) is 0 Å². The first kappa shape index (κ1) is 33.7. The van der Waals surface area contributed by atoms with Crippen LogP contribution in [0.15, 0.2) is 60.7 Å². The number of halogens is 4. The van der Waals surface area contributed by atoms with E-state index in [1.807, 2.05) is 13.0 Å². The standard InChI is InChI=1S/C36H42F4O4/c1-3-5-7-8-9-10-12-30(41)26-22-43-36(44-23-26)29-18-17-27(32(37)34(29)39)24-13-15-25(16-14-24)28-19-20-31(35(40)33(28)38)42-21-11-6-4-2/h6,11,13-20,26,30,36,41H,3-5,7-10,12,21-23H2,1-2H3/b11-6+. The third-order valence-corrected chi connectivity index (χ3v) is 7.98. The highest BCUT2D eigenvalue weighted by Crippen LogP contribution is 2.35. The van der Waals surface area contributed by atoms with Crippen molar-refractivity contribution in [2.24, 2.45) is 5.92 Å². The predicted octanol–water partition coefficient (Wildman–Crippen LogP) is 9.70. The maximum Gasteiger partial charge on any atom is 0.201 e. The number of ether oxygens (including phenoxy) is 3. The van der Waals surface area contributed by atoms with Crippen LogP contribution >= 0.6 is 0 Å². The number of benzene rings is 3. The number of hydrogen-bond acceptors (Lipinski definition) is 4. The molecule has 0 amide bonds. The third kappa shape index (κ3) is 8.49. The minimum Gasteiger partial charge on any atom is -0.486 e. The Labute approximate surface area is 257 Å². The highest BCUT2D eigenvalue weighted by Gasteiger charge is 2.31. The van der Waals surface area contributed by atoms with Gasteiger partial charge < -0.3 is 19.3 Å². The molecular weight excluding hydrogens is 572 g/mol. The molecule has 1 unspecified atom stereocenters. The number of hydrogen-bond donors (Lipinski definition) is 1. The zero-order valence-corrected chi connectivity index (χ0v) is 25.5. The van der Waals surface area contributed by atoms with Gasteiger partial charge in [0.15, 0.2) is 29.5 Å². The van der Waals surface area contributed by atoms with Crippen LogP contribution in [-0.2, 0) is 9.47 Å². The lowest BCUT2D eigenvalue weighted by Gasteiger charge is -2.32. The average Bonchev–Trinajstić information content (AvgIpc) is 3.04. The Morgan fingerprint density at radius 1 is 0.750 bits per heavy atom. The Morgan fingerprint density at radius 3 is 1.98 bits per heavy atom.